The van der Waals surface area contributed by atoms with E-state index in [1.54, 1.807) is 0 Å². The number of hydrogen-bond donors (Lipinski definition) is 0. The minimum absolute atomic E-state index is 0.0387. The van der Waals surface area contributed by atoms with Gasteiger partial charge in [-0.2, -0.15) is 0 Å². The minimum atomic E-state index is -0.0387. The average molecular weight is 529 g/mol. The Morgan fingerprint density at radius 1 is 0.659 bits per heavy atom. The zero-order valence-corrected chi connectivity index (χ0v) is 23.5. The van der Waals surface area contributed by atoms with Crippen LogP contribution in [0.25, 0.3) is 33.8 Å². The number of rotatable bonds is 4. The number of anilines is 2. The maximum atomic E-state index is 2.54. The maximum Gasteiger partial charge on any atom is 0.0567 e. The molecule has 1 atom stereocenters. The Balaban J connectivity index is 1.27. The molecule has 0 spiro atoms. The second kappa shape index (κ2) is 9.11. The molecule has 0 amide bonds. The molecule has 8 rings (SSSR count). The maximum absolute atomic E-state index is 2.54. The molecule has 198 valence electrons. The molecular weight excluding hydrogens is 496 g/mol. The third-order valence-corrected chi connectivity index (χ3v) is 9.14. The predicted molar refractivity (Wildman–Crippen MR) is 172 cm³/mol. The van der Waals surface area contributed by atoms with Crippen LogP contribution in [0.1, 0.15) is 36.2 Å². The normalized spacial score (nSPS) is 16.3. The lowest BCUT2D eigenvalue weighted by atomic mass is 9.82. The van der Waals surface area contributed by atoms with Crippen LogP contribution in [0.15, 0.2) is 133 Å². The van der Waals surface area contributed by atoms with E-state index in [2.05, 4.69) is 163 Å². The van der Waals surface area contributed by atoms with Crippen LogP contribution in [-0.2, 0) is 11.8 Å². The molecule has 0 bridgehead atoms. The minimum Gasteiger partial charge on any atom is -0.334 e. The molecule has 2 aliphatic carbocycles. The molecule has 1 unspecified atom stereocenters. The molecule has 0 N–H and O–H groups in total. The molecule has 0 aliphatic heterocycles. The lowest BCUT2D eigenvalue weighted by Gasteiger charge is -2.35. The first-order chi connectivity index (χ1) is 20.1. The molecule has 1 heterocycles. The first-order valence-electron chi connectivity index (χ1n) is 14.6. The molecule has 2 nitrogen and oxygen atoms in total. The van der Waals surface area contributed by atoms with Gasteiger partial charge in [0.15, 0.2) is 0 Å². The summed E-state index contributed by atoms with van der Waals surface area (Å²) < 4.78 is 2.42. The fourth-order valence-corrected chi connectivity index (χ4v) is 7.19. The summed E-state index contributed by atoms with van der Waals surface area (Å²) in [6.45, 7) is 4.72. The molecule has 2 aliphatic rings. The standard InChI is InChI=1S/C39H32N2/c1-39(2)35-19-11-9-17-31(35)32-23-21-30(26-36(32)39)40(27-13-5-3-6-14-27)29-22-24-38-34(25-29)33-18-10-12-20-37(33)41(38)28-15-7-4-8-16-28/h3-24,26,29H,25H2,1-2H3. The molecule has 0 fully saturated rings. The molecule has 1 aromatic heterocycles. The molecule has 0 radical (unpaired) electrons. The summed E-state index contributed by atoms with van der Waals surface area (Å²) in [5.74, 6) is 0. The van der Waals surface area contributed by atoms with Gasteiger partial charge in [-0.15, -0.1) is 0 Å². The second-order valence-electron chi connectivity index (χ2n) is 11.8. The quantitative estimate of drug-likeness (QED) is 0.221. The van der Waals surface area contributed by atoms with E-state index in [0.29, 0.717) is 0 Å². The third-order valence-electron chi connectivity index (χ3n) is 9.14. The van der Waals surface area contributed by atoms with Gasteiger partial charge in [-0.25, -0.2) is 0 Å². The SMILES string of the molecule is CC1(C)c2ccccc2-c2ccc(N(c3ccccc3)C3C=Cc4c(c5ccccc5n4-c4ccccc4)C3)cc21. The van der Waals surface area contributed by atoms with Gasteiger partial charge in [0.2, 0.25) is 0 Å². The number of fused-ring (bicyclic) bond motifs is 6. The van der Waals surface area contributed by atoms with E-state index in [9.17, 15) is 0 Å². The number of benzene rings is 5. The van der Waals surface area contributed by atoms with Crippen LogP contribution in [0.4, 0.5) is 11.4 Å². The van der Waals surface area contributed by atoms with Gasteiger partial charge in [-0.05, 0) is 82.8 Å². The van der Waals surface area contributed by atoms with Crippen LogP contribution in [-0.4, -0.2) is 10.6 Å². The molecule has 5 aromatic carbocycles. The molecular formula is C39H32N2. The topological polar surface area (TPSA) is 8.17 Å². The molecule has 6 aromatic rings. The Morgan fingerprint density at radius 2 is 1.34 bits per heavy atom. The van der Waals surface area contributed by atoms with Gasteiger partial charge < -0.3 is 9.47 Å². The summed E-state index contributed by atoms with van der Waals surface area (Å²) in [7, 11) is 0. The lowest BCUT2D eigenvalue weighted by molar-refractivity contribution is 0.659. The summed E-state index contributed by atoms with van der Waals surface area (Å²) in [5.41, 5.74) is 13.1. The summed E-state index contributed by atoms with van der Waals surface area (Å²) in [4.78, 5) is 2.54. The first-order valence-corrected chi connectivity index (χ1v) is 14.6. The van der Waals surface area contributed by atoms with Crippen molar-refractivity contribution < 1.29 is 0 Å². The van der Waals surface area contributed by atoms with Gasteiger partial charge >= 0.3 is 0 Å². The van der Waals surface area contributed by atoms with Crippen molar-refractivity contribution in [3.8, 4) is 16.8 Å². The Labute approximate surface area is 241 Å². The smallest absolute Gasteiger partial charge is 0.0567 e. The van der Waals surface area contributed by atoms with Gasteiger partial charge in [0.1, 0.15) is 0 Å². The highest BCUT2D eigenvalue weighted by atomic mass is 15.2. The Morgan fingerprint density at radius 3 is 2.17 bits per heavy atom. The van der Waals surface area contributed by atoms with E-state index < -0.39 is 0 Å². The van der Waals surface area contributed by atoms with E-state index in [0.717, 1.165) is 6.42 Å². The van der Waals surface area contributed by atoms with Crippen LogP contribution >= 0.6 is 0 Å². The van der Waals surface area contributed by atoms with Crippen LogP contribution in [0.2, 0.25) is 0 Å². The van der Waals surface area contributed by atoms with Crippen LogP contribution in [0.3, 0.4) is 0 Å². The number of aromatic nitrogens is 1. The van der Waals surface area contributed by atoms with Crippen molar-refractivity contribution in [3.63, 3.8) is 0 Å². The van der Waals surface area contributed by atoms with Crippen LogP contribution in [0, 0.1) is 0 Å². The molecule has 0 saturated heterocycles. The van der Waals surface area contributed by atoms with Crippen molar-refractivity contribution in [2.24, 2.45) is 0 Å². The summed E-state index contributed by atoms with van der Waals surface area (Å²) in [6, 6.07) is 46.6. The number of para-hydroxylation sites is 3. The molecule has 0 saturated carbocycles. The van der Waals surface area contributed by atoms with E-state index in [-0.39, 0.29) is 11.5 Å². The highest BCUT2D eigenvalue weighted by Gasteiger charge is 2.36. The Kier molecular flexibility index (Phi) is 5.33. The fourth-order valence-electron chi connectivity index (χ4n) is 7.19. The first kappa shape index (κ1) is 24.0. The van der Waals surface area contributed by atoms with Crippen LogP contribution in [0.5, 0.6) is 0 Å². The van der Waals surface area contributed by atoms with Crippen molar-refractivity contribution in [3.05, 3.63) is 156 Å². The van der Waals surface area contributed by atoms with Gasteiger partial charge in [0, 0.05) is 33.6 Å². The highest BCUT2D eigenvalue weighted by molar-refractivity contribution is 5.91. The van der Waals surface area contributed by atoms with Crippen molar-refractivity contribution in [1.82, 2.24) is 4.57 Å². The summed E-state index contributed by atoms with van der Waals surface area (Å²) in [6.07, 6.45) is 5.68. The zero-order valence-electron chi connectivity index (χ0n) is 23.5. The van der Waals surface area contributed by atoms with E-state index in [1.165, 1.54) is 61.5 Å². The monoisotopic (exact) mass is 528 g/mol. The Bertz CT molecular complexity index is 1940. The summed E-state index contributed by atoms with van der Waals surface area (Å²) >= 11 is 0. The average Bonchev–Trinajstić information content (AvgIpc) is 3.47. The predicted octanol–water partition coefficient (Wildman–Crippen LogP) is 9.71. The molecule has 41 heavy (non-hydrogen) atoms. The zero-order chi connectivity index (χ0) is 27.6. The van der Waals surface area contributed by atoms with E-state index in [4.69, 9.17) is 0 Å². The van der Waals surface area contributed by atoms with Crippen molar-refractivity contribution >= 4 is 28.4 Å². The molecule has 2 heteroatoms. The Hall–Kier alpha value is -4.82. The second-order valence-corrected chi connectivity index (χ2v) is 11.8. The van der Waals surface area contributed by atoms with Crippen molar-refractivity contribution in [2.45, 2.75) is 31.7 Å². The van der Waals surface area contributed by atoms with E-state index in [1.807, 2.05) is 0 Å². The lowest BCUT2D eigenvalue weighted by Crippen LogP contribution is -2.33. The van der Waals surface area contributed by atoms with Crippen LogP contribution < -0.4 is 4.90 Å². The fraction of sp³-hybridized carbons (Fsp3) is 0.128. The third kappa shape index (κ3) is 3.64. The van der Waals surface area contributed by atoms with Gasteiger partial charge in [-0.3, -0.25) is 0 Å². The van der Waals surface area contributed by atoms with Crippen molar-refractivity contribution in [1.29, 1.82) is 0 Å². The van der Waals surface area contributed by atoms with Crippen molar-refractivity contribution in [2.75, 3.05) is 4.90 Å². The van der Waals surface area contributed by atoms with Gasteiger partial charge in [0.25, 0.3) is 0 Å². The highest BCUT2D eigenvalue weighted by Crippen LogP contribution is 2.50. The number of hydrogen-bond acceptors (Lipinski definition) is 1. The summed E-state index contributed by atoms with van der Waals surface area (Å²) in [5, 5.41) is 1.33. The van der Waals surface area contributed by atoms with Gasteiger partial charge in [0.05, 0.1) is 11.6 Å². The number of nitrogens with zero attached hydrogens (tertiary/aromatic N) is 2. The largest absolute Gasteiger partial charge is 0.334 e. The van der Waals surface area contributed by atoms with E-state index >= 15 is 0 Å². The van der Waals surface area contributed by atoms with Gasteiger partial charge in [-0.1, -0.05) is 105 Å².